The zero-order valence-corrected chi connectivity index (χ0v) is 26.1. The summed E-state index contributed by atoms with van der Waals surface area (Å²) in [6.45, 7) is 10.6. The Morgan fingerprint density at radius 2 is 2.07 bits per heavy atom. The van der Waals surface area contributed by atoms with Crippen LogP contribution in [0.25, 0.3) is 0 Å². The van der Waals surface area contributed by atoms with Gasteiger partial charge in [0.25, 0.3) is 5.91 Å². The van der Waals surface area contributed by atoms with Gasteiger partial charge in [0.05, 0.1) is 18.4 Å². The monoisotopic (exact) mass is 598 g/mol. The molecule has 0 spiro atoms. The van der Waals surface area contributed by atoms with E-state index in [1.54, 1.807) is 6.07 Å². The number of ether oxygens (including phenoxy) is 2. The maximum Gasteiger partial charge on any atom is 0.263 e. The Balaban J connectivity index is 1.53. The molecule has 222 valence electrons. The van der Waals surface area contributed by atoms with Crippen LogP contribution in [0, 0.1) is 17.3 Å². The summed E-state index contributed by atoms with van der Waals surface area (Å²) in [6.07, 6.45) is 7.79. The van der Waals surface area contributed by atoms with Crippen LogP contribution in [0.4, 0.5) is 5.69 Å². The molecule has 6 atom stereocenters. The van der Waals surface area contributed by atoms with Gasteiger partial charge in [0.1, 0.15) is 16.7 Å². The van der Waals surface area contributed by atoms with Gasteiger partial charge in [-0.05, 0) is 90.8 Å². The molecule has 6 unspecified atom stereocenters. The molecule has 2 aromatic carbocycles. The van der Waals surface area contributed by atoms with Crippen molar-refractivity contribution < 1.29 is 18.5 Å². The first-order valence-electron chi connectivity index (χ1n) is 14.9. The first kappa shape index (κ1) is 30.1. The second kappa shape index (κ2) is 12.9. The molecule has 1 N–H and O–H groups in total. The number of hydrogen-bond acceptors (Lipinski definition) is 5. The van der Waals surface area contributed by atoms with E-state index in [1.165, 1.54) is 11.1 Å². The number of benzene rings is 2. The predicted molar refractivity (Wildman–Crippen MR) is 167 cm³/mol. The van der Waals surface area contributed by atoms with E-state index in [1.807, 2.05) is 31.4 Å². The number of hydrogen-bond donors (Lipinski definition) is 1. The highest BCUT2D eigenvalue weighted by Gasteiger charge is 2.42. The van der Waals surface area contributed by atoms with Crippen LogP contribution in [0.2, 0.25) is 5.02 Å². The minimum Gasteiger partial charge on any atom is -0.491 e. The molecule has 41 heavy (non-hydrogen) atoms. The van der Waals surface area contributed by atoms with E-state index in [-0.39, 0.29) is 23.3 Å². The van der Waals surface area contributed by atoms with E-state index < -0.39 is 11.0 Å². The predicted octanol–water partition coefficient (Wildman–Crippen LogP) is 6.70. The molecule has 0 saturated heterocycles. The molecule has 3 aliphatic rings. The number of allylic oxidation sites excluding steroid dienone is 1. The number of carbonyl (C=O) groups is 1. The highest BCUT2D eigenvalue weighted by Crippen LogP contribution is 2.45. The smallest absolute Gasteiger partial charge is 0.263 e. The molecule has 6 nitrogen and oxygen atoms in total. The van der Waals surface area contributed by atoms with Gasteiger partial charge in [-0.2, -0.15) is 0 Å². The van der Waals surface area contributed by atoms with Crippen LogP contribution < -0.4 is 14.4 Å². The summed E-state index contributed by atoms with van der Waals surface area (Å²) in [5.41, 5.74) is 3.71. The number of nitrogens with zero attached hydrogens (tertiary/aromatic N) is 1. The van der Waals surface area contributed by atoms with Crippen LogP contribution in [0.15, 0.2) is 49.1 Å². The van der Waals surface area contributed by atoms with Gasteiger partial charge in [0.2, 0.25) is 0 Å². The highest BCUT2D eigenvalue weighted by atomic mass is 35.5. The molecule has 0 aromatic heterocycles. The zero-order chi connectivity index (χ0) is 29.1. The summed E-state index contributed by atoms with van der Waals surface area (Å²) in [5.74, 6) is 1.84. The first-order chi connectivity index (χ1) is 19.7. The quantitative estimate of drug-likeness (QED) is 0.388. The summed E-state index contributed by atoms with van der Waals surface area (Å²) in [6, 6.07) is 11.8. The van der Waals surface area contributed by atoms with Gasteiger partial charge in [0.15, 0.2) is 0 Å². The molecular formula is C33H43ClN2O4S. The molecule has 2 aromatic rings. The molecule has 2 aliphatic heterocycles. The number of anilines is 1. The van der Waals surface area contributed by atoms with Crippen molar-refractivity contribution in [2.75, 3.05) is 37.5 Å². The van der Waals surface area contributed by atoms with Crippen molar-refractivity contribution in [1.82, 2.24) is 4.72 Å². The van der Waals surface area contributed by atoms with Crippen LogP contribution in [0.3, 0.4) is 0 Å². The summed E-state index contributed by atoms with van der Waals surface area (Å²) < 4.78 is 28.2. The van der Waals surface area contributed by atoms with Crippen molar-refractivity contribution in [2.24, 2.45) is 17.3 Å². The lowest BCUT2D eigenvalue weighted by molar-refractivity contribution is -0.0358. The number of aryl methyl sites for hydroxylation is 1. The van der Waals surface area contributed by atoms with Crippen molar-refractivity contribution in [3.63, 3.8) is 0 Å². The third kappa shape index (κ3) is 6.68. The van der Waals surface area contributed by atoms with Gasteiger partial charge in [-0.25, -0.2) is 4.21 Å². The third-order valence-electron chi connectivity index (χ3n) is 9.44. The molecule has 0 radical (unpaired) electrons. The second-order valence-electron chi connectivity index (χ2n) is 12.3. The summed E-state index contributed by atoms with van der Waals surface area (Å²) in [5, 5.41) is 0.756. The van der Waals surface area contributed by atoms with Crippen LogP contribution in [0.1, 0.15) is 73.4 Å². The maximum atomic E-state index is 13.2. The van der Waals surface area contributed by atoms with Crippen molar-refractivity contribution in [2.45, 2.75) is 64.4 Å². The normalized spacial score (nSPS) is 30.4. The van der Waals surface area contributed by atoms with Gasteiger partial charge in [0, 0.05) is 42.5 Å². The SMILES string of the molecule is C=CC1(C)CCS(=O)NC(=O)c2ccc3c(c2)N(CC(c2ccc(Cl)cc2CCC)CO3)CC2CCC2C(OC)C1. The third-order valence-corrected chi connectivity index (χ3v) is 10.7. The molecule has 1 fully saturated rings. The molecule has 5 rings (SSSR count). The van der Waals surface area contributed by atoms with Gasteiger partial charge in [-0.15, -0.1) is 6.58 Å². The minimum absolute atomic E-state index is 0.0853. The molecule has 8 heteroatoms. The van der Waals surface area contributed by atoms with E-state index in [2.05, 4.69) is 42.2 Å². The fourth-order valence-corrected chi connectivity index (χ4v) is 8.02. The zero-order valence-electron chi connectivity index (χ0n) is 24.5. The number of carbonyl (C=O) groups excluding carboxylic acids is 1. The van der Waals surface area contributed by atoms with Crippen molar-refractivity contribution >= 4 is 34.2 Å². The first-order valence-corrected chi connectivity index (χ1v) is 16.6. The Kier molecular flexibility index (Phi) is 9.47. The largest absolute Gasteiger partial charge is 0.491 e. The average Bonchev–Trinajstić information content (AvgIpc) is 3.12. The molecule has 1 amide bonds. The number of fused-ring (bicyclic) bond motifs is 2. The van der Waals surface area contributed by atoms with Crippen molar-refractivity contribution in [3.8, 4) is 5.75 Å². The van der Waals surface area contributed by atoms with Crippen LogP contribution >= 0.6 is 11.6 Å². The number of amides is 1. The molecule has 2 heterocycles. The summed E-state index contributed by atoms with van der Waals surface area (Å²) >= 11 is 6.40. The Morgan fingerprint density at radius 3 is 2.78 bits per heavy atom. The topological polar surface area (TPSA) is 67.9 Å². The fraction of sp³-hybridized carbons (Fsp3) is 0.545. The lowest BCUT2D eigenvalue weighted by atomic mass is 9.66. The lowest BCUT2D eigenvalue weighted by Crippen LogP contribution is -2.46. The minimum atomic E-state index is -1.50. The van der Waals surface area contributed by atoms with Gasteiger partial charge in [-0.1, -0.05) is 44.0 Å². The number of rotatable bonds is 5. The second-order valence-corrected chi connectivity index (χ2v) is 14.0. The van der Waals surface area contributed by atoms with Crippen molar-refractivity contribution in [3.05, 3.63) is 70.8 Å². The van der Waals surface area contributed by atoms with E-state index in [4.69, 9.17) is 21.1 Å². The van der Waals surface area contributed by atoms with Crippen LogP contribution in [-0.4, -0.2) is 48.8 Å². The highest BCUT2D eigenvalue weighted by molar-refractivity contribution is 7.83. The maximum absolute atomic E-state index is 13.2. The van der Waals surface area contributed by atoms with E-state index in [9.17, 15) is 9.00 Å². The molecule has 1 saturated carbocycles. The van der Waals surface area contributed by atoms with Gasteiger partial charge >= 0.3 is 0 Å². The Hall–Kier alpha value is -2.35. The number of halogens is 1. The number of methoxy groups -OCH3 is 1. The average molecular weight is 599 g/mol. The molecular weight excluding hydrogens is 556 g/mol. The van der Waals surface area contributed by atoms with Crippen LogP contribution in [-0.2, 0) is 22.1 Å². The Morgan fingerprint density at radius 1 is 1.24 bits per heavy atom. The van der Waals surface area contributed by atoms with Crippen molar-refractivity contribution in [1.29, 1.82) is 0 Å². The van der Waals surface area contributed by atoms with Gasteiger partial charge < -0.3 is 14.4 Å². The summed E-state index contributed by atoms with van der Waals surface area (Å²) in [4.78, 5) is 15.6. The van der Waals surface area contributed by atoms with E-state index >= 15 is 0 Å². The lowest BCUT2D eigenvalue weighted by Gasteiger charge is -2.46. The van der Waals surface area contributed by atoms with E-state index in [0.29, 0.717) is 36.2 Å². The number of nitrogens with one attached hydrogen (secondary N) is 1. The molecule has 2 bridgehead atoms. The standard InChI is InChI=1S/C33H43ClN2O4S/c1-5-7-22-16-26(34)10-12-27(22)25-20-36-19-24-8-11-28(24)31(39-4)18-33(3,6-2)14-15-41(38)35-32(37)23-9-13-30(40-21-25)29(36)17-23/h6,9-10,12-13,16-17,24-25,28,31H,2,5,7-8,11,14-15,18-21H2,1,3-4H3,(H,35,37). The molecule has 1 aliphatic carbocycles. The van der Waals surface area contributed by atoms with E-state index in [0.717, 1.165) is 61.7 Å². The summed E-state index contributed by atoms with van der Waals surface area (Å²) in [7, 11) is 0.310. The fourth-order valence-electron chi connectivity index (χ4n) is 6.74. The van der Waals surface area contributed by atoms with Crippen LogP contribution in [0.5, 0.6) is 5.75 Å². The Labute approximate surface area is 252 Å². The van der Waals surface area contributed by atoms with Gasteiger partial charge in [-0.3, -0.25) is 9.52 Å². The Bertz CT molecular complexity index is 1300.